The molecule has 0 bridgehead atoms. The second-order valence-corrected chi connectivity index (χ2v) is 9.73. The molecule has 0 N–H and O–H groups in total. The summed E-state index contributed by atoms with van der Waals surface area (Å²) in [4.78, 5) is 1.25. The van der Waals surface area contributed by atoms with Gasteiger partial charge in [0.25, 0.3) is 5.89 Å². The number of sulfonamides is 1. The third-order valence-electron chi connectivity index (χ3n) is 4.88. The monoisotopic (exact) mass is 419 g/mol. The topological polar surface area (TPSA) is 76.3 Å². The van der Waals surface area contributed by atoms with Gasteiger partial charge < -0.3 is 4.42 Å². The predicted octanol–water partition coefficient (Wildman–Crippen LogP) is 4.63. The lowest BCUT2D eigenvalue weighted by Crippen LogP contribution is -2.32. The van der Waals surface area contributed by atoms with Gasteiger partial charge in [-0.25, -0.2) is 8.42 Å². The number of hydrogen-bond donors (Lipinski definition) is 0. The van der Waals surface area contributed by atoms with E-state index in [9.17, 15) is 8.42 Å². The number of thiophene rings is 1. The highest BCUT2D eigenvalue weighted by Gasteiger charge is 2.30. The minimum Gasteiger partial charge on any atom is -0.418 e. The van der Waals surface area contributed by atoms with Crippen molar-refractivity contribution in [1.82, 2.24) is 14.5 Å². The van der Waals surface area contributed by atoms with Gasteiger partial charge in [0.2, 0.25) is 15.9 Å². The molecule has 3 aromatic rings. The summed E-state index contributed by atoms with van der Waals surface area (Å²) in [6.45, 7) is 9.99. The summed E-state index contributed by atoms with van der Waals surface area (Å²) in [7, 11) is -3.70. The maximum absolute atomic E-state index is 13.5. The molecule has 0 saturated carbocycles. The minimum absolute atomic E-state index is 0.0560. The Kier molecular flexibility index (Phi) is 6.02. The number of hydrogen-bond acceptors (Lipinski definition) is 6. The van der Waals surface area contributed by atoms with E-state index in [4.69, 9.17) is 4.42 Å². The second-order valence-electron chi connectivity index (χ2n) is 6.91. The molecule has 6 nitrogen and oxygen atoms in total. The molecule has 2 heterocycles. The van der Waals surface area contributed by atoms with Crippen molar-refractivity contribution in [2.45, 2.75) is 52.5 Å². The summed E-state index contributed by atoms with van der Waals surface area (Å²) >= 11 is 1.50. The highest BCUT2D eigenvalue weighted by atomic mass is 32.2. The average Bonchev–Trinajstić information content (AvgIpc) is 3.31. The molecule has 8 heteroatoms. The Hall–Kier alpha value is -2.03. The van der Waals surface area contributed by atoms with E-state index in [0.717, 1.165) is 27.1 Å². The zero-order valence-electron chi connectivity index (χ0n) is 16.8. The standard InChI is InChI=1S/C20H25N3O3S2/c1-6-9-23(12-18-21-22-20(26-18)17-8-7-10-27-17)28(24,25)19-15(4)13(2)11-14(3)16(19)5/h7-8,10-11H,6,9,12H2,1-5H3. The average molecular weight is 420 g/mol. The van der Waals surface area contributed by atoms with Crippen LogP contribution in [0.1, 0.15) is 41.5 Å². The van der Waals surface area contributed by atoms with Crippen molar-refractivity contribution in [3.63, 3.8) is 0 Å². The van der Waals surface area contributed by atoms with Gasteiger partial charge >= 0.3 is 0 Å². The first kappa shape index (κ1) is 20.7. The molecule has 0 aliphatic carbocycles. The van der Waals surface area contributed by atoms with Crippen molar-refractivity contribution in [3.8, 4) is 10.8 Å². The van der Waals surface area contributed by atoms with Crippen molar-refractivity contribution in [1.29, 1.82) is 0 Å². The van der Waals surface area contributed by atoms with Gasteiger partial charge in [0, 0.05) is 6.54 Å². The molecule has 150 valence electrons. The Morgan fingerprint density at radius 2 is 1.79 bits per heavy atom. The zero-order chi connectivity index (χ0) is 20.5. The molecule has 0 aliphatic heterocycles. The second kappa shape index (κ2) is 8.14. The van der Waals surface area contributed by atoms with Gasteiger partial charge in [-0.3, -0.25) is 0 Å². The lowest BCUT2D eigenvalue weighted by atomic mass is 10.0. The van der Waals surface area contributed by atoms with Crippen LogP contribution in [0.3, 0.4) is 0 Å². The molecular formula is C20H25N3O3S2. The van der Waals surface area contributed by atoms with Crippen LogP contribution in [0.4, 0.5) is 0 Å². The van der Waals surface area contributed by atoms with Crippen LogP contribution in [0.15, 0.2) is 32.9 Å². The molecule has 0 atom stereocenters. The van der Waals surface area contributed by atoms with Crippen LogP contribution in [-0.4, -0.2) is 29.5 Å². The summed E-state index contributed by atoms with van der Waals surface area (Å²) in [6.07, 6.45) is 0.689. The Labute approximate surface area is 170 Å². The first-order valence-electron chi connectivity index (χ1n) is 9.19. The highest BCUT2D eigenvalue weighted by Crippen LogP contribution is 2.30. The Balaban J connectivity index is 1.98. The smallest absolute Gasteiger partial charge is 0.257 e. The molecule has 0 fully saturated rings. The Morgan fingerprint density at radius 3 is 2.36 bits per heavy atom. The van der Waals surface area contributed by atoms with Crippen LogP contribution in [0.25, 0.3) is 10.8 Å². The lowest BCUT2D eigenvalue weighted by molar-refractivity contribution is 0.357. The fraction of sp³-hybridized carbons (Fsp3) is 0.400. The van der Waals surface area contributed by atoms with Crippen LogP contribution >= 0.6 is 11.3 Å². The molecule has 0 saturated heterocycles. The van der Waals surface area contributed by atoms with Crippen LogP contribution in [-0.2, 0) is 16.6 Å². The van der Waals surface area contributed by atoms with Crippen LogP contribution < -0.4 is 0 Å². The van der Waals surface area contributed by atoms with Crippen molar-refractivity contribution < 1.29 is 12.8 Å². The van der Waals surface area contributed by atoms with Crippen molar-refractivity contribution in [2.75, 3.05) is 6.54 Å². The molecule has 0 radical (unpaired) electrons. The van der Waals surface area contributed by atoms with Crippen LogP contribution in [0, 0.1) is 27.7 Å². The summed E-state index contributed by atoms with van der Waals surface area (Å²) in [5.74, 6) is 0.706. The van der Waals surface area contributed by atoms with E-state index in [1.165, 1.54) is 15.6 Å². The van der Waals surface area contributed by atoms with Crippen molar-refractivity contribution in [2.24, 2.45) is 0 Å². The third kappa shape index (κ3) is 3.90. The number of rotatable bonds is 7. The quantitative estimate of drug-likeness (QED) is 0.558. The summed E-state index contributed by atoms with van der Waals surface area (Å²) in [6, 6.07) is 5.83. The molecule has 1 aromatic carbocycles. The minimum atomic E-state index is -3.70. The summed E-state index contributed by atoms with van der Waals surface area (Å²) in [5, 5.41) is 10.1. The number of aromatic nitrogens is 2. The largest absolute Gasteiger partial charge is 0.418 e. The van der Waals surface area contributed by atoms with E-state index in [-0.39, 0.29) is 6.54 Å². The van der Waals surface area contributed by atoms with E-state index in [0.29, 0.717) is 29.6 Å². The molecule has 0 unspecified atom stereocenters. The predicted molar refractivity (Wildman–Crippen MR) is 111 cm³/mol. The Morgan fingerprint density at radius 1 is 1.11 bits per heavy atom. The van der Waals surface area contributed by atoms with Gasteiger partial charge in [-0.15, -0.1) is 21.5 Å². The van der Waals surface area contributed by atoms with E-state index in [1.54, 1.807) is 0 Å². The van der Waals surface area contributed by atoms with Gasteiger partial charge in [0.15, 0.2) is 0 Å². The molecule has 3 rings (SSSR count). The molecule has 2 aromatic heterocycles. The van der Waals surface area contributed by atoms with Crippen molar-refractivity contribution >= 4 is 21.4 Å². The van der Waals surface area contributed by atoms with E-state index in [1.807, 2.05) is 58.2 Å². The van der Waals surface area contributed by atoms with E-state index in [2.05, 4.69) is 10.2 Å². The zero-order valence-corrected chi connectivity index (χ0v) is 18.4. The van der Waals surface area contributed by atoms with Gasteiger partial charge in [-0.1, -0.05) is 19.1 Å². The first-order chi connectivity index (χ1) is 13.3. The SMILES string of the molecule is CCCN(Cc1nnc(-c2cccs2)o1)S(=O)(=O)c1c(C)c(C)cc(C)c1C. The molecule has 0 amide bonds. The van der Waals surface area contributed by atoms with Crippen molar-refractivity contribution in [3.05, 3.63) is 51.7 Å². The maximum atomic E-state index is 13.5. The van der Waals surface area contributed by atoms with Gasteiger partial charge in [-0.05, 0) is 67.8 Å². The maximum Gasteiger partial charge on any atom is 0.257 e. The number of benzene rings is 1. The molecule has 0 spiro atoms. The van der Waals surface area contributed by atoms with E-state index >= 15 is 0 Å². The molecule has 28 heavy (non-hydrogen) atoms. The van der Waals surface area contributed by atoms with Crippen LogP contribution in [0.5, 0.6) is 0 Å². The van der Waals surface area contributed by atoms with Gasteiger partial charge in [-0.2, -0.15) is 4.31 Å². The Bertz CT molecular complexity index is 1040. The lowest BCUT2D eigenvalue weighted by Gasteiger charge is -2.24. The van der Waals surface area contributed by atoms with E-state index < -0.39 is 10.0 Å². The summed E-state index contributed by atoms with van der Waals surface area (Å²) in [5.41, 5.74) is 3.51. The first-order valence-corrected chi connectivity index (χ1v) is 11.5. The third-order valence-corrected chi connectivity index (χ3v) is 7.86. The van der Waals surface area contributed by atoms with Gasteiger partial charge in [0.05, 0.1) is 16.3 Å². The number of nitrogens with zero attached hydrogens (tertiary/aromatic N) is 3. The fourth-order valence-corrected chi connectivity index (χ4v) is 5.90. The van der Waals surface area contributed by atoms with Gasteiger partial charge in [0.1, 0.15) is 0 Å². The van der Waals surface area contributed by atoms with Crippen LogP contribution in [0.2, 0.25) is 0 Å². The fourth-order valence-electron chi connectivity index (χ4n) is 3.20. The number of aryl methyl sites for hydroxylation is 2. The highest BCUT2D eigenvalue weighted by molar-refractivity contribution is 7.89. The summed E-state index contributed by atoms with van der Waals surface area (Å²) < 4.78 is 34.3. The molecule has 0 aliphatic rings. The molecular weight excluding hydrogens is 394 g/mol. The normalized spacial score (nSPS) is 12.1.